The smallest absolute Gasteiger partial charge is 0.319 e. The van der Waals surface area contributed by atoms with Crippen LogP contribution in [0.2, 0.25) is 5.02 Å². The number of benzene rings is 2. The summed E-state index contributed by atoms with van der Waals surface area (Å²) in [6.07, 6.45) is -3.37. The second kappa shape index (κ2) is 7.43. The van der Waals surface area contributed by atoms with Crippen molar-refractivity contribution < 1.29 is 22.4 Å². The molecule has 1 aromatic heterocycles. The van der Waals surface area contributed by atoms with Crippen molar-refractivity contribution in [3.05, 3.63) is 87.0 Å². The van der Waals surface area contributed by atoms with Gasteiger partial charge in [0.1, 0.15) is 5.82 Å². The van der Waals surface area contributed by atoms with Crippen molar-refractivity contribution in [2.75, 3.05) is 5.32 Å². The van der Waals surface area contributed by atoms with Crippen molar-refractivity contribution in [3.8, 4) is 5.69 Å². The molecule has 1 amide bonds. The first-order valence-corrected chi connectivity index (χ1v) is 8.07. The number of carbonyl (C=O) groups excluding carboxylic acids is 1. The minimum atomic E-state index is -4.63. The van der Waals surface area contributed by atoms with Crippen LogP contribution in [0.3, 0.4) is 0 Å². The van der Waals surface area contributed by atoms with Crippen molar-refractivity contribution in [2.45, 2.75) is 6.18 Å². The summed E-state index contributed by atoms with van der Waals surface area (Å²) in [6.45, 7) is 0. The van der Waals surface area contributed by atoms with Gasteiger partial charge in [0.2, 0.25) is 5.43 Å². The summed E-state index contributed by atoms with van der Waals surface area (Å²) in [4.78, 5) is 24.4. The van der Waals surface area contributed by atoms with E-state index in [9.17, 15) is 27.2 Å². The summed E-state index contributed by atoms with van der Waals surface area (Å²) in [5.74, 6) is -1.52. The van der Waals surface area contributed by atoms with Crippen LogP contribution in [0.1, 0.15) is 16.1 Å². The maximum absolute atomic E-state index is 13.0. The van der Waals surface area contributed by atoms with Gasteiger partial charge in [-0.25, -0.2) is 9.07 Å². The Morgan fingerprint density at radius 2 is 1.75 bits per heavy atom. The van der Waals surface area contributed by atoms with Gasteiger partial charge in [-0.05, 0) is 42.5 Å². The number of nitrogens with zero attached hydrogens (tertiary/aromatic N) is 2. The Kier molecular flexibility index (Phi) is 5.19. The first-order valence-electron chi connectivity index (χ1n) is 7.69. The fraction of sp³-hybridized carbons (Fsp3) is 0.0556. The van der Waals surface area contributed by atoms with Gasteiger partial charge < -0.3 is 5.32 Å². The first-order chi connectivity index (χ1) is 13.1. The molecule has 0 radical (unpaired) electrons. The zero-order valence-corrected chi connectivity index (χ0v) is 14.6. The van der Waals surface area contributed by atoms with Gasteiger partial charge >= 0.3 is 6.18 Å². The number of hydrogen-bond donors (Lipinski definition) is 1. The van der Waals surface area contributed by atoms with Crippen LogP contribution in [0.4, 0.5) is 23.2 Å². The fourth-order valence-corrected chi connectivity index (χ4v) is 2.45. The van der Waals surface area contributed by atoms with Crippen LogP contribution >= 0.6 is 11.6 Å². The van der Waals surface area contributed by atoms with E-state index in [1.807, 2.05) is 0 Å². The first kappa shape index (κ1) is 19.6. The molecule has 0 bridgehead atoms. The number of halogens is 5. The van der Waals surface area contributed by atoms with E-state index in [0.29, 0.717) is 11.8 Å². The van der Waals surface area contributed by atoms with Crippen LogP contribution in [0, 0.1) is 5.82 Å². The van der Waals surface area contributed by atoms with E-state index in [-0.39, 0.29) is 10.7 Å². The Bertz CT molecular complexity index is 1100. The van der Waals surface area contributed by atoms with Crippen LogP contribution in [-0.4, -0.2) is 15.7 Å². The highest BCUT2D eigenvalue weighted by Crippen LogP contribution is 2.33. The number of hydrogen-bond acceptors (Lipinski definition) is 3. The van der Waals surface area contributed by atoms with Gasteiger partial charge in [0.25, 0.3) is 5.91 Å². The van der Waals surface area contributed by atoms with Gasteiger partial charge in [-0.3, -0.25) is 9.59 Å². The monoisotopic (exact) mass is 411 g/mol. The quantitative estimate of drug-likeness (QED) is 0.654. The molecule has 3 aromatic rings. The van der Waals surface area contributed by atoms with Crippen molar-refractivity contribution in [1.29, 1.82) is 0 Å². The van der Waals surface area contributed by atoms with Gasteiger partial charge in [-0.2, -0.15) is 18.3 Å². The van der Waals surface area contributed by atoms with Gasteiger partial charge in [-0.1, -0.05) is 11.6 Å². The molecule has 0 saturated heterocycles. The maximum atomic E-state index is 13.0. The molecule has 1 heterocycles. The molecule has 3 rings (SSSR count). The average Bonchev–Trinajstić information content (AvgIpc) is 2.63. The summed E-state index contributed by atoms with van der Waals surface area (Å²) in [5.41, 5.74) is -2.29. The van der Waals surface area contributed by atoms with E-state index in [1.165, 1.54) is 18.3 Å². The van der Waals surface area contributed by atoms with E-state index in [2.05, 4.69) is 10.4 Å². The third-order valence-electron chi connectivity index (χ3n) is 3.66. The molecule has 28 heavy (non-hydrogen) atoms. The molecule has 0 saturated carbocycles. The SMILES string of the molecule is O=C(Nc1cc(C(F)(F)F)ccc1Cl)c1nn(-c2ccc(F)cc2)ccc1=O. The Morgan fingerprint density at radius 1 is 1.07 bits per heavy atom. The molecule has 0 unspecified atom stereocenters. The molecule has 10 heteroatoms. The summed E-state index contributed by atoms with van der Waals surface area (Å²) in [7, 11) is 0. The fourth-order valence-electron chi connectivity index (χ4n) is 2.28. The number of anilines is 1. The van der Waals surface area contributed by atoms with Gasteiger partial charge in [-0.15, -0.1) is 0 Å². The van der Waals surface area contributed by atoms with Crippen molar-refractivity contribution >= 4 is 23.2 Å². The van der Waals surface area contributed by atoms with Crippen LogP contribution in [-0.2, 0) is 6.18 Å². The Labute approximate surface area is 160 Å². The highest BCUT2D eigenvalue weighted by atomic mass is 35.5. The molecule has 5 nitrogen and oxygen atoms in total. The number of nitrogens with one attached hydrogen (secondary N) is 1. The van der Waals surface area contributed by atoms with Crippen LogP contribution in [0.5, 0.6) is 0 Å². The molecule has 144 valence electrons. The largest absolute Gasteiger partial charge is 0.416 e. The molecule has 1 N–H and O–H groups in total. The van der Waals surface area contributed by atoms with E-state index in [1.54, 1.807) is 0 Å². The van der Waals surface area contributed by atoms with Crippen LogP contribution in [0.15, 0.2) is 59.5 Å². The molecule has 0 spiro atoms. The number of amides is 1. The van der Waals surface area contributed by atoms with Crippen molar-refractivity contribution in [1.82, 2.24) is 9.78 Å². The lowest BCUT2D eigenvalue weighted by atomic mass is 10.2. The van der Waals surface area contributed by atoms with Crippen molar-refractivity contribution in [3.63, 3.8) is 0 Å². The zero-order chi connectivity index (χ0) is 20.5. The highest BCUT2D eigenvalue weighted by molar-refractivity contribution is 6.33. The molecular weight excluding hydrogens is 402 g/mol. The zero-order valence-electron chi connectivity index (χ0n) is 13.8. The number of aromatic nitrogens is 2. The number of carbonyl (C=O) groups is 1. The Morgan fingerprint density at radius 3 is 2.39 bits per heavy atom. The molecule has 0 aliphatic heterocycles. The predicted octanol–water partition coefficient (Wildman–Crippen LogP) is 4.30. The maximum Gasteiger partial charge on any atom is 0.416 e. The van der Waals surface area contributed by atoms with Crippen molar-refractivity contribution in [2.24, 2.45) is 0 Å². The molecule has 0 atom stereocenters. The second-order valence-corrected chi connectivity index (χ2v) is 6.00. The van der Waals surface area contributed by atoms with Crippen LogP contribution in [0.25, 0.3) is 5.69 Å². The Hall–Kier alpha value is -3.20. The van der Waals surface area contributed by atoms with E-state index >= 15 is 0 Å². The van der Waals surface area contributed by atoms with E-state index in [4.69, 9.17) is 11.6 Å². The normalized spacial score (nSPS) is 11.3. The average molecular weight is 412 g/mol. The Balaban J connectivity index is 1.94. The minimum absolute atomic E-state index is 0.142. The molecular formula is C18H10ClF4N3O2. The lowest BCUT2D eigenvalue weighted by molar-refractivity contribution is -0.137. The molecule has 2 aromatic carbocycles. The van der Waals surface area contributed by atoms with Gasteiger partial charge in [0.15, 0.2) is 5.69 Å². The third kappa shape index (κ3) is 4.20. The lowest BCUT2D eigenvalue weighted by Crippen LogP contribution is -2.25. The van der Waals surface area contributed by atoms with E-state index in [0.717, 1.165) is 35.0 Å². The lowest BCUT2D eigenvalue weighted by Gasteiger charge is -2.12. The number of rotatable bonds is 3. The highest BCUT2D eigenvalue weighted by Gasteiger charge is 2.31. The van der Waals surface area contributed by atoms with E-state index < -0.39 is 34.6 Å². The molecule has 0 aliphatic carbocycles. The number of alkyl halides is 3. The summed E-state index contributed by atoms with van der Waals surface area (Å²) in [5, 5.41) is 5.89. The minimum Gasteiger partial charge on any atom is -0.319 e. The standard InChI is InChI=1S/C18H10ClF4N3O2/c19-13-6-1-10(18(21,22)23)9-14(13)24-17(28)16-15(27)7-8-26(25-16)12-4-2-11(20)3-5-12/h1-9H,(H,24,28). The molecule has 0 fully saturated rings. The van der Waals surface area contributed by atoms with Gasteiger partial charge in [0.05, 0.1) is 22.0 Å². The molecule has 0 aliphatic rings. The second-order valence-electron chi connectivity index (χ2n) is 5.60. The predicted molar refractivity (Wildman–Crippen MR) is 94.2 cm³/mol. The van der Waals surface area contributed by atoms with Gasteiger partial charge in [0, 0.05) is 12.3 Å². The summed E-state index contributed by atoms with van der Waals surface area (Å²) < 4.78 is 52.7. The van der Waals surface area contributed by atoms with Crippen LogP contribution < -0.4 is 10.7 Å². The third-order valence-corrected chi connectivity index (χ3v) is 3.99. The summed E-state index contributed by atoms with van der Waals surface area (Å²) >= 11 is 5.84. The topological polar surface area (TPSA) is 64.0 Å². The summed E-state index contributed by atoms with van der Waals surface area (Å²) in [6, 6.07) is 8.53.